The fourth-order valence-corrected chi connectivity index (χ4v) is 4.93. The Bertz CT molecular complexity index is 976. The van der Waals surface area contributed by atoms with Crippen LogP contribution in [-0.2, 0) is 17.8 Å². The van der Waals surface area contributed by atoms with Gasteiger partial charge < -0.3 is 19.5 Å². The maximum atomic E-state index is 13.0. The van der Waals surface area contributed by atoms with E-state index in [0.717, 1.165) is 23.1 Å². The molecule has 10 heteroatoms. The third-order valence-electron chi connectivity index (χ3n) is 6.34. The zero-order valence-corrected chi connectivity index (χ0v) is 16.3. The van der Waals surface area contributed by atoms with E-state index < -0.39 is 30.1 Å². The van der Waals surface area contributed by atoms with Crippen molar-refractivity contribution in [2.75, 3.05) is 13.7 Å². The van der Waals surface area contributed by atoms with E-state index in [1.807, 2.05) is 18.2 Å². The number of ether oxygens (including phenoxy) is 1. The Labute approximate surface area is 170 Å². The first-order valence-electron chi connectivity index (χ1n) is 9.95. The molecule has 1 saturated heterocycles. The standard InChI is InChI=1S/C20H21F3N4O3/c1-29-9-15-25-18(26-30-15)11-2-4-12-10(8-11)3-5-14(12)24-19(28)27-7-6-13-16(17(13)27)20(21,22)23/h2,4,8,13-14,16-17H,3,5-7,9H2,1H3,(H,24,28). The molecule has 1 aromatic carbocycles. The number of nitrogens with zero attached hydrogens (tertiary/aromatic N) is 3. The van der Waals surface area contributed by atoms with Crippen molar-refractivity contribution < 1.29 is 27.2 Å². The fraction of sp³-hybridized carbons (Fsp3) is 0.550. The third-order valence-corrected chi connectivity index (χ3v) is 6.34. The number of carbonyl (C=O) groups excluding carboxylic acids is 1. The van der Waals surface area contributed by atoms with Crippen LogP contribution >= 0.6 is 0 Å². The Morgan fingerprint density at radius 1 is 1.37 bits per heavy atom. The van der Waals surface area contributed by atoms with Crippen LogP contribution in [0.2, 0.25) is 0 Å². The second-order valence-electron chi connectivity index (χ2n) is 8.10. The second-order valence-corrected chi connectivity index (χ2v) is 8.10. The highest BCUT2D eigenvalue weighted by molar-refractivity contribution is 5.76. The van der Waals surface area contributed by atoms with Crippen LogP contribution in [0, 0.1) is 11.8 Å². The summed E-state index contributed by atoms with van der Waals surface area (Å²) in [5.74, 6) is -0.952. The quantitative estimate of drug-likeness (QED) is 0.816. The van der Waals surface area contributed by atoms with Gasteiger partial charge in [-0.1, -0.05) is 17.3 Å². The molecule has 0 bridgehead atoms. The van der Waals surface area contributed by atoms with Gasteiger partial charge in [-0.05, 0) is 42.4 Å². The molecule has 160 valence electrons. The molecule has 4 atom stereocenters. The molecule has 2 amide bonds. The number of halogens is 3. The van der Waals surface area contributed by atoms with Crippen LogP contribution < -0.4 is 5.32 Å². The van der Waals surface area contributed by atoms with Gasteiger partial charge in [-0.3, -0.25) is 0 Å². The normalized spacial score (nSPS) is 27.1. The maximum absolute atomic E-state index is 13.0. The molecule has 2 aliphatic carbocycles. The SMILES string of the molecule is COCc1nc(-c2ccc3c(c2)CCC3NC(=O)N2CCC3C2C3C(F)(F)F)no1. The number of aryl methyl sites for hydroxylation is 1. The monoisotopic (exact) mass is 422 g/mol. The number of aromatic nitrogens is 2. The summed E-state index contributed by atoms with van der Waals surface area (Å²) in [4.78, 5) is 18.3. The predicted octanol–water partition coefficient (Wildman–Crippen LogP) is 3.46. The fourth-order valence-electron chi connectivity index (χ4n) is 4.93. The molecule has 1 aliphatic heterocycles. The number of carbonyl (C=O) groups is 1. The molecular weight excluding hydrogens is 401 g/mol. The lowest BCUT2D eigenvalue weighted by molar-refractivity contribution is -0.156. The van der Waals surface area contributed by atoms with E-state index in [2.05, 4.69) is 15.5 Å². The first kappa shape index (κ1) is 19.3. The predicted molar refractivity (Wildman–Crippen MR) is 98.2 cm³/mol. The molecule has 4 unspecified atom stereocenters. The van der Waals surface area contributed by atoms with Gasteiger partial charge in [0.15, 0.2) is 0 Å². The van der Waals surface area contributed by atoms with E-state index in [1.165, 1.54) is 4.90 Å². The maximum Gasteiger partial charge on any atom is 0.394 e. The Kier molecular flexibility index (Phi) is 4.49. The van der Waals surface area contributed by atoms with Crippen molar-refractivity contribution in [3.63, 3.8) is 0 Å². The van der Waals surface area contributed by atoms with Crippen LogP contribution in [0.15, 0.2) is 22.7 Å². The van der Waals surface area contributed by atoms with Crippen LogP contribution in [0.4, 0.5) is 18.0 Å². The van der Waals surface area contributed by atoms with Crippen LogP contribution in [-0.4, -0.2) is 46.9 Å². The van der Waals surface area contributed by atoms with Crippen molar-refractivity contribution >= 4 is 6.03 Å². The summed E-state index contributed by atoms with van der Waals surface area (Å²) in [6.45, 7) is 0.619. The Morgan fingerprint density at radius 3 is 2.93 bits per heavy atom. The van der Waals surface area contributed by atoms with Crippen molar-refractivity contribution in [1.29, 1.82) is 0 Å². The number of hydrogen-bond donors (Lipinski definition) is 1. The van der Waals surface area contributed by atoms with Crippen molar-refractivity contribution in [1.82, 2.24) is 20.4 Å². The lowest BCUT2D eigenvalue weighted by atomic mass is 10.0. The highest BCUT2D eigenvalue weighted by atomic mass is 19.4. The van der Waals surface area contributed by atoms with Crippen LogP contribution in [0.1, 0.15) is 35.9 Å². The van der Waals surface area contributed by atoms with Gasteiger partial charge in [0.1, 0.15) is 6.61 Å². The second kappa shape index (κ2) is 6.97. The minimum absolute atomic E-state index is 0.210. The Morgan fingerprint density at radius 2 is 2.20 bits per heavy atom. The summed E-state index contributed by atoms with van der Waals surface area (Å²) in [6.07, 6.45) is -2.35. The zero-order chi connectivity index (χ0) is 21.0. The summed E-state index contributed by atoms with van der Waals surface area (Å²) in [5, 5.41) is 6.90. The lowest BCUT2D eigenvalue weighted by Gasteiger charge is -2.24. The number of nitrogens with one attached hydrogen (secondary N) is 1. The number of hydrogen-bond acceptors (Lipinski definition) is 5. The molecule has 1 saturated carbocycles. The smallest absolute Gasteiger partial charge is 0.375 e. The molecule has 3 aliphatic rings. The van der Waals surface area contributed by atoms with Gasteiger partial charge in [0, 0.05) is 25.3 Å². The summed E-state index contributed by atoms with van der Waals surface area (Å²) < 4.78 is 49.2. The van der Waals surface area contributed by atoms with E-state index in [0.29, 0.717) is 31.1 Å². The van der Waals surface area contributed by atoms with E-state index in [1.54, 1.807) is 7.11 Å². The molecular formula is C20H21F3N4O3. The van der Waals surface area contributed by atoms with Crippen LogP contribution in [0.5, 0.6) is 0 Å². The number of alkyl halides is 3. The molecule has 7 nitrogen and oxygen atoms in total. The number of urea groups is 1. The number of benzene rings is 1. The molecule has 1 aromatic heterocycles. The average molecular weight is 422 g/mol. The molecule has 2 heterocycles. The summed E-state index contributed by atoms with van der Waals surface area (Å²) in [5.41, 5.74) is 2.85. The molecule has 1 N–H and O–H groups in total. The van der Waals surface area contributed by atoms with Gasteiger partial charge in [-0.15, -0.1) is 0 Å². The van der Waals surface area contributed by atoms with Crippen molar-refractivity contribution in [2.24, 2.45) is 11.8 Å². The van der Waals surface area contributed by atoms with Gasteiger partial charge in [-0.2, -0.15) is 18.2 Å². The number of piperidine rings is 1. The van der Waals surface area contributed by atoms with Crippen molar-refractivity contribution in [2.45, 2.75) is 44.1 Å². The van der Waals surface area contributed by atoms with Gasteiger partial charge in [0.05, 0.1) is 12.0 Å². The highest BCUT2D eigenvalue weighted by Crippen LogP contribution is 2.58. The van der Waals surface area contributed by atoms with Gasteiger partial charge in [0.25, 0.3) is 5.89 Å². The van der Waals surface area contributed by atoms with Crippen molar-refractivity contribution in [3.8, 4) is 11.4 Å². The number of rotatable bonds is 4. The Hall–Kier alpha value is -2.62. The van der Waals surface area contributed by atoms with E-state index in [4.69, 9.17) is 9.26 Å². The number of methoxy groups -OCH3 is 1. The number of fused-ring (bicyclic) bond motifs is 2. The summed E-state index contributed by atoms with van der Waals surface area (Å²) in [6, 6.07) is 4.42. The highest BCUT2D eigenvalue weighted by Gasteiger charge is 2.69. The Balaban J connectivity index is 1.27. The molecule has 30 heavy (non-hydrogen) atoms. The zero-order valence-electron chi connectivity index (χ0n) is 16.3. The number of likely N-dealkylation sites (tertiary alicyclic amines) is 1. The molecule has 0 spiro atoms. The minimum Gasteiger partial charge on any atom is -0.375 e. The number of amides is 2. The largest absolute Gasteiger partial charge is 0.394 e. The van der Waals surface area contributed by atoms with Crippen LogP contribution in [0.3, 0.4) is 0 Å². The molecule has 2 fully saturated rings. The first-order valence-corrected chi connectivity index (χ1v) is 9.95. The molecule has 0 radical (unpaired) electrons. The average Bonchev–Trinajstić information content (AvgIpc) is 3.07. The summed E-state index contributed by atoms with van der Waals surface area (Å²) in [7, 11) is 1.54. The van der Waals surface area contributed by atoms with Crippen LogP contribution in [0.25, 0.3) is 11.4 Å². The minimum atomic E-state index is -4.23. The van der Waals surface area contributed by atoms with Gasteiger partial charge >= 0.3 is 12.2 Å². The molecule has 2 aromatic rings. The van der Waals surface area contributed by atoms with E-state index >= 15 is 0 Å². The third kappa shape index (κ3) is 3.23. The van der Waals surface area contributed by atoms with Gasteiger partial charge in [-0.25, -0.2) is 4.79 Å². The topological polar surface area (TPSA) is 80.5 Å². The first-order chi connectivity index (χ1) is 14.4. The lowest BCUT2D eigenvalue weighted by Crippen LogP contribution is -2.43. The summed E-state index contributed by atoms with van der Waals surface area (Å²) >= 11 is 0. The van der Waals surface area contributed by atoms with E-state index in [-0.39, 0.29) is 12.6 Å². The molecule has 5 rings (SSSR count). The van der Waals surface area contributed by atoms with Crippen molar-refractivity contribution in [3.05, 3.63) is 35.2 Å². The van der Waals surface area contributed by atoms with Gasteiger partial charge in [0.2, 0.25) is 5.82 Å². The van der Waals surface area contributed by atoms with E-state index in [9.17, 15) is 18.0 Å².